The average Bonchev–Trinajstić information content (AvgIpc) is 3.21. The predicted molar refractivity (Wildman–Crippen MR) is 86.2 cm³/mol. The molecule has 2 aromatic heterocycles. The highest BCUT2D eigenvalue weighted by Crippen LogP contribution is 2.28. The number of imidazole rings is 1. The van der Waals surface area contributed by atoms with Crippen molar-refractivity contribution >= 4 is 6.09 Å². The van der Waals surface area contributed by atoms with Crippen molar-refractivity contribution in [3.8, 4) is 11.6 Å². The zero-order valence-corrected chi connectivity index (χ0v) is 14.3. The SMILES string of the molecule is CC(C)COC(=O)N1CCC(c2nc(-c3nccn3C)no2)CC1. The Morgan fingerprint density at radius 1 is 1.42 bits per heavy atom. The van der Waals surface area contributed by atoms with Crippen LogP contribution in [0, 0.1) is 5.92 Å². The third-order valence-electron chi connectivity index (χ3n) is 4.11. The maximum atomic E-state index is 12.0. The molecule has 1 aliphatic rings. The fourth-order valence-electron chi connectivity index (χ4n) is 2.71. The van der Waals surface area contributed by atoms with Gasteiger partial charge in [0.25, 0.3) is 0 Å². The number of carbonyl (C=O) groups excluding carboxylic acids is 1. The summed E-state index contributed by atoms with van der Waals surface area (Å²) in [6.07, 6.45) is 4.89. The summed E-state index contributed by atoms with van der Waals surface area (Å²) in [5, 5.41) is 4.02. The summed E-state index contributed by atoms with van der Waals surface area (Å²) in [6, 6.07) is 0. The molecule has 0 aliphatic carbocycles. The first-order chi connectivity index (χ1) is 11.5. The van der Waals surface area contributed by atoms with Crippen molar-refractivity contribution in [2.45, 2.75) is 32.6 Å². The van der Waals surface area contributed by atoms with Gasteiger partial charge in [0, 0.05) is 38.4 Å². The maximum absolute atomic E-state index is 12.0. The first-order valence-electron chi connectivity index (χ1n) is 8.27. The minimum absolute atomic E-state index is 0.167. The first-order valence-corrected chi connectivity index (χ1v) is 8.27. The lowest BCUT2D eigenvalue weighted by Crippen LogP contribution is -2.38. The van der Waals surface area contributed by atoms with Gasteiger partial charge in [0.15, 0.2) is 5.82 Å². The van der Waals surface area contributed by atoms with Crippen molar-refractivity contribution in [2.75, 3.05) is 19.7 Å². The van der Waals surface area contributed by atoms with Crippen LogP contribution in [0.2, 0.25) is 0 Å². The van der Waals surface area contributed by atoms with Crippen LogP contribution in [0.4, 0.5) is 4.79 Å². The molecule has 3 rings (SSSR count). The summed E-state index contributed by atoms with van der Waals surface area (Å²) in [5.74, 6) is 2.30. The average molecular weight is 333 g/mol. The van der Waals surface area contributed by atoms with Crippen molar-refractivity contribution in [3.63, 3.8) is 0 Å². The molecule has 8 nitrogen and oxygen atoms in total. The van der Waals surface area contributed by atoms with Gasteiger partial charge in [0.1, 0.15) is 0 Å². The smallest absolute Gasteiger partial charge is 0.409 e. The standard InChI is InChI=1S/C16H23N5O3/c1-11(2)10-23-16(22)21-7-4-12(5-8-21)15-18-13(19-24-15)14-17-6-9-20(14)3/h6,9,11-12H,4-5,7-8,10H2,1-3H3. The molecule has 8 heteroatoms. The van der Waals surface area contributed by atoms with Gasteiger partial charge in [-0.3, -0.25) is 0 Å². The Morgan fingerprint density at radius 3 is 2.79 bits per heavy atom. The second-order valence-corrected chi connectivity index (χ2v) is 6.55. The lowest BCUT2D eigenvalue weighted by atomic mass is 9.97. The summed E-state index contributed by atoms with van der Waals surface area (Å²) in [7, 11) is 1.89. The molecule has 2 aromatic rings. The normalized spacial score (nSPS) is 15.9. The second-order valence-electron chi connectivity index (χ2n) is 6.55. The van der Waals surface area contributed by atoms with Crippen molar-refractivity contribution in [1.82, 2.24) is 24.6 Å². The van der Waals surface area contributed by atoms with E-state index in [1.165, 1.54) is 0 Å². The zero-order valence-electron chi connectivity index (χ0n) is 14.3. The van der Waals surface area contributed by atoms with Crippen LogP contribution in [0.15, 0.2) is 16.9 Å². The van der Waals surface area contributed by atoms with E-state index in [0.29, 0.717) is 43.2 Å². The molecule has 0 bridgehead atoms. The van der Waals surface area contributed by atoms with Crippen LogP contribution in [0.3, 0.4) is 0 Å². The van der Waals surface area contributed by atoms with Crippen LogP contribution in [-0.2, 0) is 11.8 Å². The van der Waals surface area contributed by atoms with Gasteiger partial charge >= 0.3 is 6.09 Å². The number of ether oxygens (including phenoxy) is 1. The van der Waals surface area contributed by atoms with Gasteiger partial charge in [-0.05, 0) is 18.8 Å². The number of aromatic nitrogens is 4. The number of nitrogens with zero attached hydrogens (tertiary/aromatic N) is 5. The van der Waals surface area contributed by atoms with Gasteiger partial charge < -0.3 is 18.7 Å². The first kappa shape index (κ1) is 16.5. The highest BCUT2D eigenvalue weighted by molar-refractivity contribution is 5.67. The van der Waals surface area contributed by atoms with E-state index >= 15 is 0 Å². The highest BCUT2D eigenvalue weighted by Gasteiger charge is 2.28. The molecule has 1 aliphatic heterocycles. The van der Waals surface area contributed by atoms with E-state index < -0.39 is 0 Å². The Hall–Kier alpha value is -2.38. The predicted octanol–water partition coefficient (Wildman–Crippen LogP) is 2.44. The molecule has 0 spiro atoms. The van der Waals surface area contributed by atoms with Crippen LogP contribution in [0.25, 0.3) is 11.6 Å². The fraction of sp³-hybridized carbons (Fsp3) is 0.625. The quantitative estimate of drug-likeness (QED) is 0.854. The molecule has 24 heavy (non-hydrogen) atoms. The molecule has 3 heterocycles. The van der Waals surface area contributed by atoms with Crippen LogP contribution in [0.1, 0.15) is 38.5 Å². The molecule has 0 aromatic carbocycles. The number of likely N-dealkylation sites (tertiary alicyclic amines) is 1. The number of carbonyl (C=O) groups is 1. The molecule has 130 valence electrons. The summed E-state index contributed by atoms with van der Waals surface area (Å²) in [6.45, 7) is 5.78. The number of hydrogen-bond acceptors (Lipinski definition) is 6. The maximum Gasteiger partial charge on any atom is 0.409 e. The van der Waals surface area contributed by atoms with Gasteiger partial charge in [-0.25, -0.2) is 9.78 Å². The van der Waals surface area contributed by atoms with E-state index in [1.807, 2.05) is 31.7 Å². The number of hydrogen-bond donors (Lipinski definition) is 0. The highest BCUT2D eigenvalue weighted by atomic mass is 16.6. The van der Waals surface area contributed by atoms with E-state index in [2.05, 4.69) is 15.1 Å². The molecule has 0 saturated carbocycles. The zero-order chi connectivity index (χ0) is 17.1. The van der Waals surface area contributed by atoms with Crippen LogP contribution >= 0.6 is 0 Å². The van der Waals surface area contributed by atoms with Gasteiger partial charge in [-0.1, -0.05) is 19.0 Å². The summed E-state index contributed by atoms with van der Waals surface area (Å²) in [5.41, 5.74) is 0. The molecule has 0 unspecified atom stereocenters. The lowest BCUT2D eigenvalue weighted by Gasteiger charge is -2.29. The molecule has 0 atom stereocenters. The minimum atomic E-state index is -0.235. The van der Waals surface area contributed by atoms with Gasteiger partial charge in [-0.15, -0.1) is 0 Å². The Bertz CT molecular complexity index is 685. The van der Waals surface area contributed by atoms with Crippen LogP contribution in [-0.4, -0.2) is 50.4 Å². The molecule has 0 N–H and O–H groups in total. The van der Waals surface area contributed by atoms with Gasteiger partial charge in [-0.2, -0.15) is 4.98 Å². The minimum Gasteiger partial charge on any atom is -0.449 e. The second kappa shape index (κ2) is 7.02. The monoisotopic (exact) mass is 333 g/mol. The summed E-state index contributed by atoms with van der Waals surface area (Å²) >= 11 is 0. The van der Waals surface area contributed by atoms with E-state index in [1.54, 1.807) is 11.1 Å². The fourth-order valence-corrected chi connectivity index (χ4v) is 2.71. The Labute approximate surface area is 140 Å². The molecule has 0 radical (unpaired) electrons. The molecule has 1 amide bonds. The lowest BCUT2D eigenvalue weighted by molar-refractivity contribution is 0.0817. The largest absolute Gasteiger partial charge is 0.449 e. The molecular weight excluding hydrogens is 310 g/mol. The van der Waals surface area contributed by atoms with Crippen molar-refractivity contribution in [2.24, 2.45) is 13.0 Å². The third kappa shape index (κ3) is 3.58. The molecular formula is C16H23N5O3. The summed E-state index contributed by atoms with van der Waals surface area (Å²) in [4.78, 5) is 22.4. The Balaban J connectivity index is 1.56. The van der Waals surface area contributed by atoms with E-state index in [-0.39, 0.29) is 12.0 Å². The van der Waals surface area contributed by atoms with E-state index in [0.717, 1.165) is 12.8 Å². The Kier molecular flexibility index (Phi) is 4.82. The van der Waals surface area contributed by atoms with Crippen molar-refractivity contribution in [1.29, 1.82) is 0 Å². The molecule has 1 fully saturated rings. The van der Waals surface area contributed by atoms with E-state index in [4.69, 9.17) is 9.26 Å². The van der Waals surface area contributed by atoms with Crippen LogP contribution < -0.4 is 0 Å². The summed E-state index contributed by atoms with van der Waals surface area (Å²) < 4.78 is 12.5. The van der Waals surface area contributed by atoms with Gasteiger partial charge in [0.2, 0.25) is 11.7 Å². The van der Waals surface area contributed by atoms with Crippen molar-refractivity contribution < 1.29 is 14.1 Å². The number of amides is 1. The van der Waals surface area contributed by atoms with E-state index in [9.17, 15) is 4.79 Å². The topological polar surface area (TPSA) is 86.3 Å². The van der Waals surface area contributed by atoms with Crippen LogP contribution in [0.5, 0.6) is 0 Å². The third-order valence-corrected chi connectivity index (χ3v) is 4.11. The number of piperidine rings is 1. The van der Waals surface area contributed by atoms with Gasteiger partial charge in [0.05, 0.1) is 6.61 Å². The number of rotatable bonds is 4. The molecule has 1 saturated heterocycles. The van der Waals surface area contributed by atoms with Crippen molar-refractivity contribution in [3.05, 3.63) is 18.3 Å². The number of aryl methyl sites for hydroxylation is 1. The Morgan fingerprint density at radius 2 is 2.17 bits per heavy atom.